The van der Waals surface area contributed by atoms with E-state index < -0.39 is 48.2 Å². The standard InChI is InChI=1S/C42H50N8O10/c1-22(2)33(46-41(56)58-5)38(53)49-17-7-9-30(49)36-43-20-29(45-36)25-13-16-27-32(19-25)60-21-28(35(27)51)24-11-14-26(15-12-24)44-40(55)48-37(52)31-10-8-18-50(31)39(54)34(23(3)4)47-42(57)59-6/h11-16,19-23,30-31,33-34H,7-10,17-18H2,1-6H3,(H,43,45)(H,46,56)(H,47,57)(H2,44,48,52,55)/t30-,31-,33-,34-/m0/s1. The number of methoxy groups -OCH3 is 2. The van der Waals surface area contributed by atoms with Crippen molar-refractivity contribution in [3.63, 3.8) is 0 Å². The van der Waals surface area contributed by atoms with Crippen molar-refractivity contribution in [2.24, 2.45) is 11.8 Å². The molecule has 0 aliphatic carbocycles. The van der Waals surface area contributed by atoms with Crippen LogP contribution in [0.25, 0.3) is 33.4 Å². The molecule has 0 unspecified atom stereocenters. The van der Waals surface area contributed by atoms with Gasteiger partial charge < -0.3 is 44.6 Å². The lowest BCUT2D eigenvalue weighted by molar-refractivity contribution is -0.140. The first-order valence-electron chi connectivity index (χ1n) is 19.8. The van der Waals surface area contributed by atoms with Gasteiger partial charge in [-0.2, -0.15) is 0 Å². The highest BCUT2D eigenvalue weighted by Gasteiger charge is 2.40. The molecular formula is C42H50N8O10. The zero-order valence-corrected chi connectivity index (χ0v) is 34.3. The maximum Gasteiger partial charge on any atom is 0.407 e. The van der Waals surface area contributed by atoms with Crippen molar-refractivity contribution < 1.29 is 42.7 Å². The van der Waals surface area contributed by atoms with Crippen molar-refractivity contribution in [2.45, 2.75) is 77.5 Å². The fourth-order valence-electron chi connectivity index (χ4n) is 7.61. The number of fused-ring (bicyclic) bond motifs is 1. The average molecular weight is 827 g/mol. The van der Waals surface area contributed by atoms with Crippen molar-refractivity contribution >= 4 is 52.6 Å². The van der Waals surface area contributed by atoms with Gasteiger partial charge in [-0.15, -0.1) is 0 Å². The Morgan fingerprint density at radius 3 is 2.05 bits per heavy atom. The maximum absolute atomic E-state index is 13.7. The second-order valence-corrected chi connectivity index (χ2v) is 15.5. The number of imide groups is 1. The number of nitrogens with one attached hydrogen (secondary N) is 5. The zero-order valence-electron chi connectivity index (χ0n) is 34.3. The number of H-pyrrole nitrogens is 1. The molecule has 4 aromatic rings. The van der Waals surface area contributed by atoms with Crippen molar-refractivity contribution in [2.75, 3.05) is 32.6 Å². The van der Waals surface area contributed by atoms with E-state index in [1.54, 1.807) is 67.4 Å². The van der Waals surface area contributed by atoms with Crippen LogP contribution >= 0.6 is 0 Å². The summed E-state index contributed by atoms with van der Waals surface area (Å²) in [4.78, 5) is 101. The largest absolute Gasteiger partial charge is 0.463 e. The van der Waals surface area contributed by atoms with E-state index in [4.69, 9.17) is 9.15 Å². The van der Waals surface area contributed by atoms with E-state index in [-0.39, 0.29) is 29.2 Å². The van der Waals surface area contributed by atoms with Crippen molar-refractivity contribution in [1.82, 2.24) is 35.7 Å². The number of rotatable bonds is 11. The molecule has 4 atom stereocenters. The van der Waals surface area contributed by atoms with E-state index in [0.717, 1.165) is 12.0 Å². The number of carbonyl (C=O) groups excluding carboxylic acids is 6. The van der Waals surface area contributed by atoms with E-state index in [9.17, 15) is 33.6 Å². The SMILES string of the molecule is COC(=O)N[C@H](C(=O)N1CCC[C@H]1C(=O)NC(=O)Nc1ccc(-c2coc3cc(-c4cnc([C@@H]5CCCN5C(=O)[C@@H](NC(=O)OC)C(C)C)[nH]4)ccc3c2=O)cc1)C(C)C. The van der Waals surface area contributed by atoms with Gasteiger partial charge in [0.15, 0.2) is 5.43 Å². The number of imidazole rings is 1. The van der Waals surface area contributed by atoms with E-state index in [0.29, 0.717) is 71.7 Å². The summed E-state index contributed by atoms with van der Waals surface area (Å²) in [5, 5.41) is 10.4. The Morgan fingerprint density at radius 2 is 1.42 bits per heavy atom. The van der Waals surface area contributed by atoms with Crippen LogP contribution < -0.4 is 26.7 Å². The lowest BCUT2D eigenvalue weighted by Crippen LogP contribution is -2.55. The maximum atomic E-state index is 13.7. The number of anilines is 1. The fraction of sp³-hybridized carbons (Fsp3) is 0.429. The van der Waals surface area contributed by atoms with Gasteiger partial charge in [-0.3, -0.25) is 24.5 Å². The smallest absolute Gasteiger partial charge is 0.407 e. The number of urea groups is 1. The number of hydrogen-bond acceptors (Lipinski definition) is 11. The van der Waals surface area contributed by atoms with Crippen LogP contribution in [0.3, 0.4) is 0 Å². The van der Waals surface area contributed by atoms with Crippen LogP contribution in [0, 0.1) is 11.8 Å². The second-order valence-electron chi connectivity index (χ2n) is 15.5. The van der Waals surface area contributed by atoms with E-state index in [1.165, 1.54) is 25.4 Å². The number of benzene rings is 2. The Bertz CT molecular complexity index is 2320. The highest BCUT2D eigenvalue weighted by molar-refractivity contribution is 6.04. The van der Waals surface area contributed by atoms with Gasteiger partial charge in [0.2, 0.25) is 11.8 Å². The van der Waals surface area contributed by atoms with E-state index in [2.05, 4.69) is 36.0 Å². The van der Waals surface area contributed by atoms with Gasteiger partial charge in [0, 0.05) is 24.3 Å². The molecule has 2 aromatic heterocycles. The summed E-state index contributed by atoms with van der Waals surface area (Å²) in [6.45, 7) is 8.06. The predicted octanol–water partition coefficient (Wildman–Crippen LogP) is 4.91. The van der Waals surface area contributed by atoms with Crippen LogP contribution in [0.15, 0.2) is 64.1 Å². The molecular weight excluding hydrogens is 777 g/mol. The number of carbonyl (C=O) groups is 6. The minimum Gasteiger partial charge on any atom is -0.463 e. The first-order chi connectivity index (χ1) is 28.7. The minimum atomic E-state index is -0.908. The summed E-state index contributed by atoms with van der Waals surface area (Å²) in [6.07, 6.45) is 3.98. The molecule has 0 spiro atoms. The number of aromatic nitrogens is 2. The van der Waals surface area contributed by atoms with Crippen LogP contribution in [0.5, 0.6) is 0 Å². The van der Waals surface area contributed by atoms with Crippen molar-refractivity contribution in [3.8, 4) is 22.4 Å². The summed E-state index contributed by atoms with van der Waals surface area (Å²) >= 11 is 0. The number of hydrogen-bond donors (Lipinski definition) is 5. The van der Waals surface area contributed by atoms with Gasteiger partial charge in [-0.1, -0.05) is 45.9 Å². The van der Waals surface area contributed by atoms with Crippen LogP contribution in [0.2, 0.25) is 0 Å². The summed E-state index contributed by atoms with van der Waals surface area (Å²) in [5.41, 5.74) is 2.65. The molecule has 2 saturated heterocycles. The van der Waals surface area contributed by atoms with E-state index >= 15 is 0 Å². The first-order valence-corrected chi connectivity index (χ1v) is 19.8. The van der Waals surface area contributed by atoms with Crippen molar-refractivity contribution in [3.05, 3.63) is 71.0 Å². The average Bonchev–Trinajstić information content (AvgIpc) is 4.03. The lowest BCUT2D eigenvalue weighted by atomic mass is 10.0. The van der Waals surface area contributed by atoms with Crippen LogP contribution in [-0.4, -0.2) is 101 Å². The summed E-state index contributed by atoms with van der Waals surface area (Å²) in [5.74, 6) is -1.13. The molecule has 2 aliphatic heterocycles. The number of likely N-dealkylation sites (tertiary alicyclic amines) is 2. The van der Waals surface area contributed by atoms with Gasteiger partial charge in [-0.05, 0) is 67.3 Å². The number of ether oxygens (including phenoxy) is 2. The van der Waals surface area contributed by atoms with Gasteiger partial charge >= 0.3 is 18.2 Å². The molecule has 7 amide bonds. The van der Waals surface area contributed by atoms with Crippen LogP contribution in [0.1, 0.15) is 65.2 Å². The number of nitrogens with zero attached hydrogens (tertiary/aromatic N) is 3. The van der Waals surface area contributed by atoms with Gasteiger partial charge in [0.05, 0.1) is 43.1 Å². The molecule has 18 nitrogen and oxygen atoms in total. The first kappa shape index (κ1) is 42.9. The predicted molar refractivity (Wildman–Crippen MR) is 219 cm³/mol. The Kier molecular flexibility index (Phi) is 13.2. The fourth-order valence-corrected chi connectivity index (χ4v) is 7.61. The van der Waals surface area contributed by atoms with Gasteiger partial charge in [0.25, 0.3) is 5.91 Å². The molecule has 0 radical (unpaired) electrons. The summed E-state index contributed by atoms with van der Waals surface area (Å²) in [6, 6.07) is 7.96. The summed E-state index contributed by atoms with van der Waals surface area (Å²) < 4.78 is 15.3. The lowest BCUT2D eigenvalue weighted by Gasteiger charge is -2.30. The van der Waals surface area contributed by atoms with Gasteiger partial charge in [0.1, 0.15) is 35.8 Å². The molecule has 318 valence electrons. The Balaban J connectivity index is 1.09. The molecule has 6 rings (SSSR count). The third-order valence-corrected chi connectivity index (χ3v) is 10.8. The van der Waals surface area contributed by atoms with Crippen LogP contribution in [-0.2, 0) is 23.9 Å². The van der Waals surface area contributed by atoms with Crippen LogP contribution in [0.4, 0.5) is 20.1 Å². The molecule has 0 saturated carbocycles. The van der Waals surface area contributed by atoms with Gasteiger partial charge in [-0.25, -0.2) is 19.4 Å². The Hall–Kier alpha value is -6.72. The monoisotopic (exact) mass is 826 g/mol. The number of amides is 7. The third-order valence-electron chi connectivity index (χ3n) is 10.8. The number of aromatic amines is 1. The molecule has 2 aromatic carbocycles. The third kappa shape index (κ3) is 9.27. The zero-order chi connectivity index (χ0) is 43.2. The highest BCUT2D eigenvalue weighted by Crippen LogP contribution is 2.33. The number of alkyl carbamates (subject to hydrolysis) is 2. The molecule has 2 fully saturated rings. The molecule has 0 bridgehead atoms. The Labute approximate surface area is 345 Å². The molecule has 18 heteroatoms. The quantitative estimate of drug-likeness (QED) is 0.136. The molecule has 4 heterocycles. The normalized spacial score (nSPS) is 17.3. The van der Waals surface area contributed by atoms with E-state index in [1.807, 2.05) is 13.8 Å². The Morgan fingerprint density at radius 1 is 0.817 bits per heavy atom. The summed E-state index contributed by atoms with van der Waals surface area (Å²) in [7, 11) is 2.45. The highest BCUT2D eigenvalue weighted by atomic mass is 16.5. The molecule has 2 aliphatic rings. The topological polar surface area (TPSA) is 234 Å². The minimum absolute atomic E-state index is 0.161. The molecule has 60 heavy (non-hydrogen) atoms. The van der Waals surface area contributed by atoms with Crippen molar-refractivity contribution in [1.29, 1.82) is 0 Å². The molecule has 5 N–H and O–H groups in total. The second kappa shape index (κ2) is 18.5.